The average Bonchev–Trinajstić information content (AvgIpc) is 2.71. The van der Waals surface area contributed by atoms with Crippen LogP contribution < -0.4 is 0 Å². The van der Waals surface area contributed by atoms with Crippen molar-refractivity contribution in [2.24, 2.45) is 5.41 Å². The van der Waals surface area contributed by atoms with Crippen molar-refractivity contribution in [1.82, 2.24) is 4.90 Å². The second kappa shape index (κ2) is 6.94. The quantitative estimate of drug-likeness (QED) is 0.624. The summed E-state index contributed by atoms with van der Waals surface area (Å²) in [7, 11) is -1.22. The van der Waals surface area contributed by atoms with Gasteiger partial charge in [0.2, 0.25) is 0 Å². The van der Waals surface area contributed by atoms with Crippen LogP contribution in [0.4, 0.5) is 4.79 Å². The summed E-state index contributed by atoms with van der Waals surface area (Å²) in [5.74, 6) is 0. The highest BCUT2D eigenvalue weighted by Crippen LogP contribution is 2.44. The van der Waals surface area contributed by atoms with Gasteiger partial charge in [-0.05, 0) is 18.5 Å². The van der Waals surface area contributed by atoms with Crippen LogP contribution in [0, 0.1) is 5.41 Å². The van der Waals surface area contributed by atoms with Gasteiger partial charge >= 0.3 is 6.09 Å². The molecule has 0 aromatic heterocycles. The number of aliphatic hydroxyl groups excluding tert-OH is 1. The molecule has 1 fully saturated rings. The van der Waals surface area contributed by atoms with Crippen LogP contribution in [-0.2, 0) is 9.16 Å². The van der Waals surface area contributed by atoms with E-state index in [2.05, 4.69) is 40.4 Å². The number of carbonyl (C=O) groups is 1. The SMILES string of the molecule is C=CCOC(=O)N1C[C@H](O)C[C@@]1(CO[SiH](C)C)C(C)(C)C. The molecule has 5 nitrogen and oxygen atoms in total. The number of carbonyl (C=O) groups excluding carboxylic acids is 1. The molecule has 0 aromatic carbocycles. The number of hydrogen-bond donors (Lipinski definition) is 1. The smallest absolute Gasteiger partial charge is 0.410 e. The Labute approximate surface area is 129 Å². The number of hydrogen-bond acceptors (Lipinski definition) is 4. The van der Waals surface area contributed by atoms with Gasteiger partial charge in [-0.2, -0.15) is 0 Å². The Hall–Kier alpha value is -0.853. The normalized spacial score (nSPS) is 26.2. The van der Waals surface area contributed by atoms with Crippen LogP contribution in [0.3, 0.4) is 0 Å². The molecular formula is C15H29NO4Si. The summed E-state index contributed by atoms with van der Waals surface area (Å²) < 4.78 is 11.1. The number of nitrogens with zero attached hydrogens (tertiary/aromatic N) is 1. The lowest BCUT2D eigenvalue weighted by Crippen LogP contribution is -2.59. The van der Waals surface area contributed by atoms with Gasteiger partial charge in [-0.1, -0.05) is 33.4 Å². The van der Waals surface area contributed by atoms with E-state index in [1.165, 1.54) is 0 Å². The Balaban J connectivity index is 3.05. The van der Waals surface area contributed by atoms with Crippen molar-refractivity contribution in [3.05, 3.63) is 12.7 Å². The first kappa shape index (κ1) is 18.2. The maximum atomic E-state index is 12.4. The van der Waals surface area contributed by atoms with Crippen molar-refractivity contribution >= 4 is 15.1 Å². The number of aliphatic hydroxyl groups is 1. The average molecular weight is 315 g/mol. The molecule has 0 unspecified atom stereocenters. The molecule has 2 atom stereocenters. The minimum Gasteiger partial charge on any atom is -0.445 e. The van der Waals surface area contributed by atoms with Crippen molar-refractivity contribution in [2.75, 3.05) is 19.8 Å². The topological polar surface area (TPSA) is 59.0 Å². The predicted molar refractivity (Wildman–Crippen MR) is 85.9 cm³/mol. The number of β-amino-alcohol motifs (C(OH)–C–C–N with tert-alkyl or cyclic N) is 1. The summed E-state index contributed by atoms with van der Waals surface area (Å²) in [6.45, 7) is 14.9. The van der Waals surface area contributed by atoms with Gasteiger partial charge in [0.25, 0.3) is 0 Å². The van der Waals surface area contributed by atoms with Crippen LogP contribution in [0.2, 0.25) is 13.1 Å². The second-order valence-electron chi connectivity index (χ2n) is 6.98. The van der Waals surface area contributed by atoms with Crippen molar-refractivity contribution < 1.29 is 19.1 Å². The molecule has 1 aliphatic rings. The lowest BCUT2D eigenvalue weighted by Gasteiger charge is -2.47. The zero-order valence-electron chi connectivity index (χ0n) is 13.9. The third-order valence-electron chi connectivity index (χ3n) is 4.08. The first-order chi connectivity index (χ1) is 9.64. The van der Waals surface area contributed by atoms with Crippen LogP contribution in [0.15, 0.2) is 12.7 Å². The molecule has 0 saturated carbocycles. The van der Waals surface area contributed by atoms with Crippen molar-refractivity contribution in [2.45, 2.75) is 51.9 Å². The van der Waals surface area contributed by atoms with Crippen LogP contribution in [-0.4, -0.2) is 56.5 Å². The highest BCUT2D eigenvalue weighted by atomic mass is 28.3. The fourth-order valence-corrected chi connectivity index (χ4v) is 3.39. The van der Waals surface area contributed by atoms with E-state index in [1.807, 2.05) is 0 Å². The van der Waals surface area contributed by atoms with Gasteiger partial charge in [-0.15, -0.1) is 0 Å². The molecule has 0 bridgehead atoms. The molecule has 1 heterocycles. The van der Waals surface area contributed by atoms with Gasteiger partial charge in [-0.3, -0.25) is 4.90 Å². The fourth-order valence-electron chi connectivity index (χ4n) is 2.78. The van der Waals surface area contributed by atoms with Crippen LogP contribution in [0.25, 0.3) is 0 Å². The van der Waals surface area contributed by atoms with Gasteiger partial charge in [0.05, 0.1) is 24.8 Å². The minimum atomic E-state index is -1.22. The van der Waals surface area contributed by atoms with E-state index in [0.717, 1.165) is 0 Å². The van der Waals surface area contributed by atoms with E-state index >= 15 is 0 Å². The number of amides is 1. The van der Waals surface area contributed by atoms with E-state index in [-0.39, 0.29) is 18.6 Å². The maximum absolute atomic E-state index is 12.4. The Morgan fingerprint density at radius 1 is 1.52 bits per heavy atom. The maximum Gasteiger partial charge on any atom is 0.410 e. The molecule has 1 aliphatic heterocycles. The molecule has 0 radical (unpaired) electrons. The molecule has 0 spiro atoms. The lowest BCUT2D eigenvalue weighted by molar-refractivity contribution is -0.0123. The zero-order valence-corrected chi connectivity index (χ0v) is 15.0. The molecular weight excluding hydrogens is 286 g/mol. The summed E-state index contributed by atoms with van der Waals surface area (Å²) in [5.41, 5.74) is -0.761. The van der Waals surface area contributed by atoms with Gasteiger partial charge in [0.15, 0.2) is 9.04 Å². The van der Waals surface area contributed by atoms with Crippen LogP contribution in [0.1, 0.15) is 27.2 Å². The largest absolute Gasteiger partial charge is 0.445 e. The lowest BCUT2D eigenvalue weighted by atomic mass is 9.72. The van der Waals surface area contributed by atoms with Crippen LogP contribution in [0.5, 0.6) is 0 Å². The summed E-state index contributed by atoms with van der Waals surface area (Å²) >= 11 is 0. The first-order valence-electron chi connectivity index (χ1n) is 7.49. The van der Waals surface area contributed by atoms with Crippen molar-refractivity contribution in [1.29, 1.82) is 0 Å². The number of rotatable bonds is 5. The summed E-state index contributed by atoms with van der Waals surface area (Å²) in [6.07, 6.45) is 1.11. The first-order valence-corrected chi connectivity index (χ1v) is 10.3. The van der Waals surface area contributed by atoms with E-state index in [9.17, 15) is 9.90 Å². The van der Waals surface area contributed by atoms with E-state index in [4.69, 9.17) is 9.16 Å². The van der Waals surface area contributed by atoms with Gasteiger partial charge in [-0.25, -0.2) is 4.79 Å². The molecule has 122 valence electrons. The van der Waals surface area contributed by atoms with Gasteiger partial charge < -0.3 is 14.3 Å². The molecule has 1 N–H and O–H groups in total. The molecule has 21 heavy (non-hydrogen) atoms. The summed E-state index contributed by atoms with van der Waals surface area (Å²) in [4.78, 5) is 14.0. The second-order valence-corrected chi connectivity index (χ2v) is 9.41. The number of likely N-dealkylation sites (tertiary alicyclic amines) is 1. The molecule has 1 saturated heterocycles. The number of ether oxygens (including phenoxy) is 1. The standard InChI is InChI=1S/C15H29NO4Si/c1-7-8-19-13(18)16-10-12(17)9-15(16,14(2,3)4)11-20-21(5)6/h7,12,17,21H,1,8-11H2,2-6H3/t12-,15-/m1/s1. The molecule has 1 rings (SSSR count). The monoisotopic (exact) mass is 315 g/mol. The predicted octanol–water partition coefficient (Wildman–Crippen LogP) is 2.16. The molecule has 1 amide bonds. The van der Waals surface area contributed by atoms with E-state index < -0.39 is 26.8 Å². The Kier molecular flexibility index (Phi) is 6.01. The van der Waals surface area contributed by atoms with Crippen molar-refractivity contribution in [3.8, 4) is 0 Å². The van der Waals surface area contributed by atoms with Gasteiger partial charge in [0, 0.05) is 6.42 Å². The minimum absolute atomic E-state index is 0.172. The van der Waals surface area contributed by atoms with Gasteiger partial charge in [0.1, 0.15) is 6.61 Å². The highest BCUT2D eigenvalue weighted by molar-refractivity contribution is 6.48. The molecule has 0 aromatic rings. The Morgan fingerprint density at radius 2 is 2.14 bits per heavy atom. The highest BCUT2D eigenvalue weighted by Gasteiger charge is 2.55. The van der Waals surface area contributed by atoms with E-state index in [0.29, 0.717) is 13.0 Å². The zero-order chi connectivity index (χ0) is 16.3. The van der Waals surface area contributed by atoms with E-state index in [1.54, 1.807) is 11.0 Å². The fraction of sp³-hybridized carbons (Fsp3) is 0.800. The third kappa shape index (κ3) is 4.08. The third-order valence-corrected chi connectivity index (χ3v) is 4.91. The Bertz CT molecular complexity index is 380. The molecule has 0 aliphatic carbocycles. The van der Waals surface area contributed by atoms with Crippen molar-refractivity contribution in [3.63, 3.8) is 0 Å². The summed E-state index contributed by atoms with van der Waals surface area (Å²) in [5, 5.41) is 10.1. The van der Waals surface area contributed by atoms with Crippen LogP contribution >= 0.6 is 0 Å². The summed E-state index contributed by atoms with van der Waals surface area (Å²) in [6, 6.07) is 0. The Morgan fingerprint density at radius 3 is 2.62 bits per heavy atom. The molecule has 6 heteroatoms.